The fourth-order valence-corrected chi connectivity index (χ4v) is 3.73. The molecule has 2 aromatic carbocycles. The predicted octanol–water partition coefficient (Wildman–Crippen LogP) is 4.35. The molecule has 1 fully saturated rings. The molecule has 2 unspecified atom stereocenters. The summed E-state index contributed by atoms with van der Waals surface area (Å²) in [5, 5.41) is 9.13. The molecule has 0 radical (unpaired) electrons. The maximum atomic E-state index is 14.4. The molecule has 0 aromatic heterocycles. The van der Waals surface area contributed by atoms with Gasteiger partial charge in [0.1, 0.15) is 18.0 Å². The van der Waals surface area contributed by atoms with Crippen LogP contribution in [0.2, 0.25) is 0 Å². The quantitative estimate of drug-likeness (QED) is 0.861. The number of halogens is 2. The summed E-state index contributed by atoms with van der Waals surface area (Å²) >= 11 is 0. The van der Waals surface area contributed by atoms with Gasteiger partial charge in [0.15, 0.2) is 17.4 Å². The van der Waals surface area contributed by atoms with E-state index in [4.69, 9.17) is 14.6 Å². The molecule has 2 aromatic rings. The zero-order valence-electron chi connectivity index (χ0n) is 14.9. The van der Waals surface area contributed by atoms with E-state index < -0.39 is 11.6 Å². The first-order valence-electron chi connectivity index (χ1n) is 8.90. The van der Waals surface area contributed by atoms with Gasteiger partial charge in [0.2, 0.25) is 0 Å². The number of para-hydroxylation sites is 1. The van der Waals surface area contributed by atoms with E-state index in [1.807, 2.05) is 32.0 Å². The second kappa shape index (κ2) is 6.23. The summed E-state index contributed by atoms with van der Waals surface area (Å²) in [6.45, 7) is 4.09. The average molecular weight is 360 g/mol. The monoisotopic (exact) mass is 360 g/mol. The lowest BCUT2D eigenvalue weighted by atomic mass is 10.0. The molecule has 0 bridgehead atoms. The summed E-state index contributed by atoms with van der Waals surface area (Å²) in [7, 11) is 0. The minimum Gasteiger partial charge on any atom is -0.487 e. The maximum absolute atomic E-state index is 14.4. The molecule has 0 saturated heterocycles. The van der Waals surface area contributed by atoms with E-state index in [-0.39, 0.29) is 36.4 Å². The molecule has 1 N–H and O–H groups in total. The summed E-state index contributed by atoms with van der Waals surface area (Å²) in [6, 6.07) is 8.37. The molecule has 1 aliphatic heterocycles. The van der Waals surface area contributed by atoms with Crippen LogP contribution in [0.4, 0.5) is 8.78 Å². The molecular formula is C21H22F2O3. The van der Waals surface area contributed by atoms with E-state index in [1.54, 1.807) is 0 Å². The van der Waals surface area contributed by atoms with Crippen molar-refractivity contribution in [3.05, 3.63) is 58.7 Å². The number of aliphatic hydroxyl groups is 1. The number of fused-ring (bicyclic) bond motifs is 1. The highest BCUT2D eigenvalue weighted by Gasteiger charge is 2.38. The topological polar surface area (TPSA) is 38.7 Å². The summed E-state index contributed by atoms with van der Waals surface area (Å²) in [5.41, 5.74) is 2.15. The highest BCUT2D eigenvalue weighted by atomic mass is 19.1. The Balaban J connectivity index is 1.52. The van der Waals surface area contributed by atoms with Crippen molar-refractivity contribution in [2.45, 2.75) is 44.8 Å². The van der Waals surface area contributed by atoms with Crippen LogP contribution in [-0.2, 0) is 13.0 Å². The fraction of sp³-hybridized carbons (Fsp3) is 0.429. The minimum atomic E-state index is -0.711. The average Bonchev–Trinajstić information content (AvgIpc) is 3.29. The lowest BCUT2D eigenvalue weighted by Crippen LogP contribution is -2.25. The Morgan fingerprint density at radius 1 is 1.23 bits per heavy atom. The van der Waals surface area contributed by atoms with Gasteiger partial charge in [-0.3, -0.25) is 0 Å². The van der Waals surface area contributed by atoms with Gasteiger partial charge in [-0.2, -0.15) is 0 Å². The molecule has 3 nitrogen and oxygen atoms in total. The lowest BCUT2D eigenvalue weighted by molar-refractivity contribution is 0.135. The van der Waals surface area contributed by atoms with E-state index in [9.17, 15) is 8.78 Å². The molecule has 1 aliphatic carbocycles. The summed E-state index contributed by atoms with van der Waals surface area (Å²) in [5.74, 6) is -0.905. The van der Waals surface area contributed by atoms with Crippen LogP contribution in [0.3, 0.4) is 0 Å². The van der Waals surface area contributed by atoms with Crippen molar-refractivity contribution in [2.24, 2.45) is 5.92 Å². The standard InChI is InChI=1S/C21H22F2O3/c1-21(2)9-12-4-3-5-13(19(12)26-21)11-25-20-17(22)7-14(8-18(20)23)16-6-15(16)10-24/h3-5,7-8,15-16,24H,6,9-11H2,1-2H3. The second-order valence-electron chi connectivity index (χ2n) is 7.83. The lowest BCUT2D eigenvalue weighted by Gasteiger charge is -2.18. The van der Waals surface area contributed by atoms with Crippen molar-refractivity contribution in [3.8, 4) is 11.5 Å². The first-order chi connectivity index (χ1) is 12.4. The van der Waals surface area contributed by atoms with Gasteiger partial charge in [-0.25, -0.2) is 8.78 Å². The maximum Gasteiger partial charge on any atom is 0.191 e. The summed E-state index contributed by atoms with van der Waals surface area (Å²) in [6.07, 6.45) is 1.56. The Hall–Kier alpha value is -2.14. The molecule has 2 aliphatic rings. The third kappa shape index (κ3) is 3.16. The number of hydrogen-bond donors (Lipinski definition) is 1. The molecule has 4 rings (SSSR count). The van der Waals surface area contributed by atoms with E-state index in [2.05, 4.69) is 0 Å². The van der Waals surface area contributed by atoms with Gasteiger partial charge in [-0.1, -0.05) is 18.2 Å². The molecular weight excluding hydrogens is 338 g/mol. The highest BCUT2D eigenvalue weighted by Crippen LogP contribution is 2.48. The van der Waals surface area contributed by atoms with Crippen molar-refractivity contribution in [2.75, 3.05) is 6.61 Å². The van der Waals surface area contributed by atoms with Gasteiger partial charge < -0.3 is 14.6 Å². The zero-order valence-corrected chi connectivity index (χ0v) is 14.9. The van der Waals surface area contributed by atoms with Crippen LogP contribution >= 0.6 is 0 Å². The SMILES string of the molecule is CC1(C)Cc2cccc(COc3c(F)cc(C4CC4CO)cc3F)c2O1. The van der Waals surface area contributed by atoms with Gasteiger partial charge in [-0.05, 0) is 55.4 Å². The third-order valence-corrected chi connectivity index (χ3v) is 5.15. The van der Waals surface area contributed by atoms with Crippen LogP contribution in [0.5, 0.6) is 11.5 Å². The Bertz CT molecular complexity index is 824. The smallest absolute Gasteiger partial charge is 0.191 e. The number of hydrogen-bond acceptors (Lipinski definition) is 3. The second-order valence-corrected chi connectivity index (χ2v) is 7.83. The summed E-state index contributed by atoms with van der Waals surface area (Å²) < 4.78 is 40.2. The Labute approximate surface area is 151 Å². The molecule has 1 heterocycles. The Kier molecular flexibility index (Phi) is 4.14. The highest BCUT2D eigenvalue weighted by molar-refractivity contribution is 5.46. The van der Waals surface area contributed by atoms with Crippen LogP contribution in [0.15, 0.2) is 30.3 Å². The minimum absolute atomic E-state index is 0.0334. The van der Waals surface area contributed by atoms with Crippen LogP contribution < -0.4 is 9.47 Å². The van der Waals surface area contributed by atoms with Gasteiger partial charge >= 0.3 is 0 Å². The van der Waals surface area contributed by atoms with Crippen molar-refractivity contribution in [1.29, 1.82) is 0 Å². The largest absolute Gasteiger partial charge is 0.487 e. The van der Waals surface area contributed by atoms with E-state index in [1.165, 1.54) is 12.1 Å². The van der Waals surface area contributed by atoms with E-state index in [0.29, 0.717) is 5.56 Å². The van der Waals surface area contributed by atoms with Crippen LogP contribution in [0.1, 0.15) is 42.9 Å². The number of benzene rings is 2. The summed E-state index contributed by atoms with van der Waals surface area (Å²) in [4.78, 5) is 0. The van der Waals surface area contributed by atoms with Crippen molar-refractivity contribution in [1.82, 2.24) is 0 Å². The molecule has 138 valence electrons. The molecule has 0 amide bonds. The third-order valence-electron chi connectivity index (χ3n) is 5.15. The first-order valence-corrected chi connectivity index (χ1v) is 8.90. The first kappa shape index (κ1) is 17.3. The van der Waals surface area contributed by atoms with Gasteiger partial charge in [0.05, 0.1) is 0 Å². The predicted molar refractivity (Wildman–Crippen MR) is 93.5 cm³/mol. The van der Waals surface area contributed by atoms with E-state index in [0.717, 1.165) is 29.7 Å². The van der Waals surface area contributed by atoms with Crippen molar-refractivity contribution in [3.63, 3.8) is 0 Å². The van der Waals surface area contributed by atoms with Crippen LogP contribution in [-0.4, -0.2) is 17.3 Å². The van der Waals surface area contributed by atoms with Crippen molar-refractivity contribution >= 4 is 0 Å². The van der Waals surface area contributed by atoms with Gasteiger partial charge in [0, 0.05) is 18.6 Å². The molecule has 0 spiro atoms. The molecule has 26 heavy (non-hydrogen) atoms. The number of aliphatic hydroxyl groups excluding tert-OH is 1. The van der Waals surface area contributed by atoms with Crippen LogP contribution in [0.25, 0.3) is 0 Å². The Morgan fingerprint density at radius 2 is 1.96 bits per heavy atom. The molecule has 1 saturated carbocycles. The molecule has 2 atom stereocenters. The number of ether oxygens (including phenoxy) is 2. The normalized spacial score (nSPS) is 22.7. The fourth-order valence-electron chi connectivity index (χ4n) is 3.73. The molecule has 5 heteroatoms. The van der Waals surface area contributed by atoms with Gasteiger partial charge in [0.25, 0.3) is 0 Å². The van der Waals surface area contributed by atoms with Crippen molar-refractivity contribution < 1.29 is 23.4 Å². The van der Waals surface area contributed by atoms with Crippen LogP contribution in [0, 0.1) is 17.6 Å². The van der Waals surface area contributed by atoms with Gasteiger partial charge in [-0.15, -0.1) is 0 Å². The zero-order chi connectivity index (χ0) is 18.5. The van der Waals surface area contributed by atoms with E-state index >= 15 is 0 Å². The number of rotatable bonds is 5. The Morgan fingerprint density at radius 3 is 2.62 bits per heavy atom.